The fourth-order valence-corrected chi connectivity index (χ4v) is 4.12. The highest BCUT2D eigenvalue weighted by Gasteiger charge is 2.36. The van der Waals surface area contributed by atoms with Gasteiger partial charge in [0.1, 0.15) is 17.2 Å². The molecule has 0 spiro atoms. The van der Waals surface area contributed by atoms with Crippen LogP contribution < -0.4 is 15.4 Å². The van der Waals surface area contributed by atoms with Gasteiger partial charge in [-0.1, -0.05) is 6.07 Å². The predicted molar refractivity (Wildman–Crippen MR) is 125 cm³/mol. The molecule has 0 amide bonds. The molecule has 4 heterocycles. The number of nitrogens with zero attached hydrogens (tertiary/aromatic N) is 4. The zero-order chi connectivity index (χ0) is 24.6. The van der Waals surface area contributed by atoms with E-state index in [1.54, 1.807) is 16.9 Å². The van der Waals surface area contributed by atoms with Crippen molar-refractivity contribution in [2.24, 2.45) is 7.05 Å². The van der Waals surface area contributed by atoms with Crippen LogP contribution in [0.1, 0.15) is 18.4 Å². The summed E-state index contributed by atoms with van der Waals surface area (Å²) in [7, 11) is 3.37. The number of nitrogens with one attached hydrogen (secondary N) is 3. The average Bonchev–Trinajstić information content (AvgIpc) is 3.46. The zero-order valence-electron chi connectivity index (χ0n) is 19.1. The molecule has 4 aromatic rings. The molecule has 0 atom stereocenters. The van der Waals surface area contributed by atoms with Crippen LogP contribution >= 0.6 is 0 Å². The average molecular weight is 487 g/mol. The Labute approximate surface area is 198 Å². The number of halogens is 3. The minimum atomic E-state index is -4.55. The van der Waals surface area contributed by atoms with Gasteiger partial charge in [-0.2, -0.15) is 28.2 Å². The van der Waals surface area contributed by atoms with Gasteiger partial charge in [0.15, 0.2) is 0 Å². The Morgan fingerprint density at radius 1 is 1.17 bits per heavy atom. The van der Waals surface area contributed by atoms with E-state index >= 15 is 0 Å². The molecule has 9 nitrogen and oxygen atoms in total. The molecular weight excluding hydrogens is 463 g/mol. The van der Waals surface area contributed by atoms with E-state index < -0.39 is 11.7 Å². The molecule has 0 aliphatic carbocycles. The summed E-state index contributed by atoms with van der Waals surface area (Å²) in [5.41, 5.74) is 1.66. The van der Waals surface area contributed by atoms with E-state index in [0.717, 1.165) is 17.3 Å². The molecule has 1 aliphatic rings. The van der Waals surface area contributed by atoms with E-state index in [-0.39, 0.29) is 28.8 Å². The van der Waals surface area contributed by atoms with Crippen LogP contribution in [0.15, 0.2) is 36.8 Å². The van der Waals surface area contributed by atoms with Gasteiger partial charge >= 0.3 is 6.18 Å². The number of aromatic nitrogens is 5. The highest BCUT2D eigenvalue weighted by molar-refractivity contribution is 5.92. The Balaban J connectivity index is 1.51. The SMILES string of the molecule is COc1cc(-c2cnn(C)c2)ccc1Nc1nc(NC2CCOCC2)c2c(C(F)(F)F)c[nH]c2n1. The Morgan fingerprint density at radius 2 is 1.97 bits per heavy atom. The van der Waals surface area contributed by atoms with Gasteiger partial charge in [-0.25, -0.2) is 0 Å². The Hall–Kier alpha value is -3.80. The molecule has 184 valence electrons. The molecule has 35 heavy (non-hydrogen) atoms. The van der Waals surface area contributed by atoms with Crippen LogP contribution in [0.5, 0.6) is 5.75 Å². The molecule has 1 aromatic carbocycles. The van der Waals surface area contributed by atoms with Crippen molar-refractivity contribution in [3.63, 3.8) is 0 Å². The largest absolute Gasteiger partial charge is 0.495 e. The van der Waals surface area contributed by atoms with E-state index in [1.807, 2.05) is 25.4 Å². The molecule has 3 N–H and O–H groups in total. The number of hydrogen-bond donors (Lipinski definition) is 3. The highest BCUT2D eigenvalue weighted by Crippen LogP contribution is 2.39. The Bertz CT molecular complexity index is 1340. The van der Waals surface area contributed by atoms with Crippen LogP contribution in [0.25, 0.3) is 22.2 Å². The molecule has 3 aromatic heterocycles. The van der Waals surface area contributed by atoms with Crippen LogP contribution in [0, 0.1) is 0 Å². The van der Waals surface area contributed by atoms with Gasteiger partial charge in [-0.3, -0.25) is 4.68 Å². The van der Waals surface area contributed by atoms with Crippen molar-refractivity contribution in [3.8, 4) is 16.9 Å². The van der Waals surface area contributed by atoms with Crippen molar-refractivity contribution in [2.75, 3.05) is 31.0 Å². The summed E-state index contributed by atoms with van der Waals surface area (Å²) < 4.78 is 53.6. The summed E-state index contributed by atoms with van der Waals surface area (Å²) in [6.07, 6.45) is 1.34. The number of alkyl halides is 3. The number of fused-ring (bicyclic) bond motifs is 1. The molecule has 0 bridgehead atoms. The molecule has 1 saturated heterocycles. The molecule has 12 heteroatoms. The first-order valence-corrected chi connectivity index (χ1v) is 11.1. The molecule has 5 rings (SSSR count). The second kappa shape index (κ2) is 9.10. The summed E-state index contributed by atoms with van der Waals surface area (Å²) in [6.45, 7) is 1.08. The molecule has 0 saturated carbocycles. The fourth-order valence-electron chi connectivity index (χ4n) is 4.12. The molecule has 1 aliphatic heterocycles. The number of aryl methyl sites for hydroxylation is 1. The molecular formula is C23H24F3N7O2. The maximum Gasteiger partial charge on any atom is 0.418 e. The first kappa shape index (κ1) is 23.0. The number of benzene rings is 1. The molecule has 0 unspecified atom stereocenters. The quantitative estimate of drug-likeness (QED) is 0.362. The van der Waals surface area contributed by atoms with Crippen molar-refractivity contribution in [2.45, 2.75) is 25.1 Å². The number of hydrogen-bond acceptors (Lipinski definition) is 7. The van der Waals surface area contributed by atoms with Gasteiger partial charge in [0, 0.05) is 44.3 Å². The van der Waals surface area contributed by atoms with E-state index in [9.17, 15) is 13.2 Å². The number of rotatable bonds is 6. The van der Waals surface area contributed by atoms with Crippen molar-refractivity contribution in [1.29, 1.82) is 0 Å². The van der Waals surface area contributed by atoms with E-state index in [0.29, 0.717) is 37.5 Å². The lowest BCUT2D eigenvalue weighted by Crippen LogP contribution is -2.28. The summed E-state index contributed by atoms with van der Waals surface area (Å²) in [5.74, 6) is 0.774. The third-order valence-corrected chi connectivity index (χ3v) is 5.89. The minimum Gasteiger partial charge on any atom is -0.495 e. The smallest absolute Gasteiger partial charge is 0.418 e. The lowest BCUT2D eigenvalue weighted by molar-refractivity contribution is -0.136. The third kappa shape index (κ3) is 4.74. The van der Waals surface area contributed by atoms with Crippen molar-refractivity contribution in [1.82, 2.24) is 24.7 Å². The number of aromatic amines is 1. The normalized spacial score (nSPS) is 14.9. The highest BCUT2D eigenvalue weighted by atomic mass is 19.4. The lowest BCUT2D eigenvalue weighted by Gasteiger charge is -2.24. The van der Waals surface area contributed by atoms with Crippen LogP contribution in [-0.4, -0.2) is 51.1 Å². The van der Waals surface area contributed by atoms with Gasteiger partial charge in [-0.15, -0.1) is 0 Å². The number of H-pyrrole nitrogens is 1. The van der Waals surface area contributed by atoms with Crippen LogP contribution in [0.2, 0.25) is 0 Å². The monoisotopic (exact) mass is 487 g/mol. The second-order valence-electron chi connectivity index (χ2n) is 8.29. The predicted octanol–water partition coefficient (Wildman–Crippen LogP) is 4.72. The zero-order valence-corrected chi connectivity index (χ0v) is 19.1. The van der Waals surface area contributed by atoms with E-state index in [4.69, 9.17) is 9.47 Å². The van der Waals surface area contributed by atoms with Gasteiger partial charge in [0.2, 0.25) is 5.95 Å². The maximum absolute atomic E-state index is 13.7. The fraction of sp³-hybridized carbons (Fsp3) is 0.348. The first-order chi connectivity index (χ1) is 16.8. The van der Waals surface area contributed by atoms with Gasteiger partial charge in [0.05, 0.1) is 29.9 Å². The summed E-state index contributed by atoms with van der Waals surface area (Å²) in [4.78, 5) is 11.4. The van der Waals surface area contributed by atoms with Gasteiger partial charge < -0.3 is 25.1 Å². The minimum absolute atomic E-state index is 0.0565. The van der Waals surface area contributed by atoms with E-state index in [1.165, 1.54) is 7.11 Å². The molecule has 0 radical (unpaired) electrons. The van der Waals surface area contributed by atoms with Crippen LogP contribution in [-0.2, 0) is 18.0 Å². The summed E-state index contributed by atoms with van der Waals surface area (Å²) in [6, 6.07) is 5.47. The lowest BCUT2D eigenvalue weighted by atomic mass is 10.1. The van der Waals surface area contributed by atoms with E-state index in [2.05, 4.69) is 30.7 Å². The number of methoxy groups -OCH3 is 1. The van der Waals surface area contributed by atoms with Crippen molar-refractivity contribution >= 4 is 28.5 Å². The third-order valence-electron chi connectivity index (χ3n) is 5.89. The Kier molecular flexibility index (Phi) is 5.97. The van der Waals surface area contributed by atoms with Crippen molar-refractivity contribution in [3.05, 3.63) is 42.4 Å². The second-order valence-corrected chi connectivity index (χ2v) is 8.29. The maximum atomic E-state index is 13.7. The Morgan fingerprint density at radius 3 is 2.66 bits per heavy atom. The molecule has 1 fully saturated rings. The number of anilines is 3. The number of ether oxygens (including phenoxy) is 2. The topological polar surface area (TPSA) is 102 Å². The van der Waals surface area contributed by atoms with Crippen LogP contribution in [0.3, 0.4) is 0 Å². The summed E-state index contributed by atoms with van der Waals surface area (Å²) in [5, 5.41) is 10.4. The van der Waals surface area contributed by atoms with Gasteiger partial charge in [-0.05, 0) is 30.5 Å². The summed E-state index contributed by atoms with van der Waals surface area (Å²) >= 11 is 0. The van der Waals surface area contributed by atoms with Crippen molar-refractivity contribution < 1.29 is 22.6 Å². The standard InChI is InChI=1S/C23H24F3N7O2/c1-33-12-14(10-28-33)13-3-4-17(18(9-13)34-2)30-22-31-20-19(16(11-27-20)23(24,25)26)21(32-22)29-15-5-7-35-8-6-15/h3-4,9-12,15H,5-8H2,1-2H3,(H3,27,29,30,31,32). The van der Waals surface area contributed by atoms with Crippen LogP contribution in [0.4, 0.5) is 30.6 Å². The van der Waals surface area contributed by atoms with Gasteiger partial charge in [0.25, 0.3) is 0 Å². The first-order valence-electron chi connectivity index (χ1n) is 11.1.